The Morgan fingerprint density at radius 2 is 1.36 bits per heavy atom. The molecule has 0 aliphatic carbocycles. The largest absolute Gasteiger partial charge is 0.372 e. The minimum atomic E-state index is -3.96. The molecule has 4 aromatic carbocycles. The molecule has 0 heterocycles. The third kappa shape index (κ3) is 6.67. The highest BCUT2D eigenvalue weighted by Gasteiger charge is 2.28. The molecule has 0 spiro atoms. The minimum absolute atomic E-state index is 0.0914. The minimum Gasteiger partial charge on any atom is -0.372 e. The van der Waals surface area contributed by atoms with Crippen molar-refractivity contribution in [2.75, 3.05) is 22.3 Å². The number of aryl methyl sites for hydroxylation is 1. The highest BCUT2D eigenvalue weighted by atomic mass is 32.2. The summed E-state index contributed by atoms with van der Waals surface area (Å²) >= 11 is 0. The average Bonchev–Trinajstić information content (AvgIpc) is 2.96. The van der Waals surface area contributed by atoms with E-state index in [0.29, 0.717) is 17.8 Å². The number of nitrogens with one attached hydrogen (secondary N) is 1. The zero-order valence-corrected chi connectivity index (χ0v) is 23.5. The van der Waals surface area contributed by atoms with Crippen molar-refractivity contribution < 1.29 is 13.2 Å². The van der Waals surface area contributed by atoms with Crippen molar-refractivity contribution in [1.29, 1.82) is 0 Å². The van der Waals surface area contributed by atoms with Crippen molar-refractivity contribution in [3.63, 3.8) is 0 Å². The van der Waals surface area contributed by atoms with Gasteiger partial charge in [-0.1, -0.05) is 72.3 Å². The number of benzene rings is 4. The third-order valence-corrected chi connectivity index (χ3v) is 8.49. The number of sulfonamides is 1. The molecule has 1 amide bonds. The number of nitrogens with zero attached hydrogens (tertiary/aromatic N) is 2. The van der Waals surface area contributed by atoms with E-state index in [1.807, 2.05) is 49.4 Å². The topological polar surface area (TPSA) is 69.7 Å². The molecule has 6 nitrogen and oxygen atoms in total. The van der Waals surface area contributed by atoms with E-state index < -0.39 is 10.0 Å². The van der Waals surface area contributed by atoms with Gasteiger partial charge in [0.15, 0.2) is 0 Å². The third-order valence-electron chi connectivity index (χ3n) is 6.71. The molecule has 0 saturated heterocycles. The van der Waals surface area contributed by atoms with E-state index in [9.17, 15) is 13.2 Å². The molecule has 1 N–H and O–H groups in total. The quantitative estimate of drug-likeness (QED) is 0.247. The van der Waals surface area contributed by atoms with Crippen molar-refractivity contribution in [2.24, 2.45) is 0 Å². The molecule has 0 atom stereocenters. The number of carbonyl (C=O) groups excluding carboxylic acids is 1. The molecule has 0 unspecified atom stereocenters. The molecule has 0 aliphatic rings. The number of carbonyl (C=O) groups is 1. The van der Waals surface area contributed by atoms with Gasteiger partial charge in [0.1, 0.15) is 0 Å². The lowest BCUT2D eigenvalue weighted by atomic mass is 10.1. The van der Waals surface area contributed by atoms with Crippen molar-refractivity contribution >= 4 is 27.3 Å². The van der Waals surface area contributed by atoms with Crippen molar-refractivity contribution in [2.45, 2.75) is 38.8 Å². The summed E-state index contributed by atoms with van der Waals surface area (Å²) in [7, 11) is -3.96. The van der Waals surface area contributed by atoms with Gasteiger partial charge in [0.2, 0.25) is 0 Å². The van der Waals surface area contributed by atoms with Crippen LogP contribution in [0.2, 0.25) is 0 Å². The molecule has 0 aromatic heterocycles. The summed E-state index contributed by atoms with van der Waals surface area (Å²) in [4.78, 5) is 15.9. The lowest BCUT2D eigenvalue weighted by Gasteiger charge is -2.27. The smallest absolute Gasteiger partial charge is 0.264 e. The molecular formula is C32H35N3O3S. The Hall–Kier alpha value is -4.10. The van der Waals surface area contributed by atoms with Crippen molar-refractivity contribution in [3.05, 3.63) is 125 Å². The maximum Gasteiger partial charge on any atom is 0.264 e. The lowest BCUT2D eigenvalue weighted by molar-refractivity contribution is 0.0951. The van der Waals surface area contributed by atoms with Crippen LogP contribution in [-0.4, -0.2) is 27.4 Å². The number of amides is 1. The molecule has 0 bridgehead atoms. The summed E-state index contributed by atoms with van der Waals surface area (Å²) in [6, 6.07) is 31.1. The second kappa shape index (κ2) is 12.6. The Balaban J connectivity index is 1.63. The summed E-state index contributed by atoms with van der Waals surface area (Å²) in [5.41, 5.74) is 4.51. The Kier molecular flexibility index (Phi) is 9.04. The Morgan fingerprint density at radius 3 is 2.00 bits per heavy atom. The van der Waals surface area contributed by atoms with E-state index in [4.69, 9.17) is 0 Å². The molecule has 4 aromatic rings. The fourth-order valence-corrected chi connectivity index (χ4v) is 5.93. The molecule has 0 radical (unpaired) electrons. The number of para-hydroxylation sites is 1. The molecule has 0 saturated carbocycles. The van der Waals surface area contributed by atoms with Gasteiger partial charge in [-0.3, -0.25) is 9.10 Å². The summed E-state index contributed by atoms with van der Waals surface area (Å²) in [6.07, 6.45) is 0. The highest BCUT2D eigenvalue weighted by Crippen LogP contribution is 2.29. The first-order valence-corrected chi connectivity index (χ1v) is 14.6. The normalized spacial score (nSPS) is 11.2. The fourth-order valence-electron chi connectivity index (χ4n) is 4.46. The Labute approximate surface area is 232 Å². The van der Waals surface area contributed by atoms with Gasteiger partial charge in [-0.25, -0.2) is 8.42 Å². The van der Waals surface area contributed by atoms with E-state index in [1.165, 1.54) is 4.31 Å². The van der Waals surface area contributed by atoms with Gasteiger partial charge in [0, 0.05) is 25.3 Å². The van der Waals surface area contributed by atoms with Gasteiger partial charge in [0.05, 0.1) is 22.7 Å². The first-order valence-electron chi connectivity index (χ1n) is 13.2. The van der Waals surface area contributed by atoms with Crippen LogP contribution in [0.1, 0.15) is 40.9 Å². The second-order valence-corrected chi connectivity index (χ2v) is 11.2. The number of anilines is 2. The monoisotopic (exact) mass is 541 g/mol. The van der Waals surface area contributed by atoms with Gasteiger partial charge >= 0.3 is 0 Å². The number of hydrogen-bond donors (Lipinski definition) is 1. The highest BCUT2D eigenvalue weighted by molar-refractivity contribution is 7.92. The predicted octanol–water partition coefficient (Wildman–Crippen LogP) is 6.17. The van der Waals surface area contributed by atoms with Crippen LogP contribution < -0.4 is 14.5 Å². The van der Waals surface area contributed by atoms with Crippen LogP contribution in [0.3, 0.4) is 0 Å². The van der Waals surface area contributed by atoms with Crippen LogP contribution in [0.5, 0.6) is 0 Å². The second-order valence-electron chi connectivity index (χ2n) is 9.35. The number of hydrogen-bond acceptors (Lipinski definition) is 4. The maximum absolute atomic E-state index is 13.9. The van der Waals surface area contributed by atoms with Gasteiger partial charge in [-0.05, 0) is 68.3 Å². The SMILES string of the molecule is CCN(CC)c1ccc(CNC(=O)c2ccccc2N(Cc2ccccc2)S(=O)(=O)c2ccc(C)cc2)cc1. The van der Waals surface area contributed by atoms with Crippen LogP contribution in [-0.2, 0) is 23.1 Å². The first kappa shape index (κ1) is 27.9. The van der Waals surface area contributed by atoms with E-state index in [0.717, 1.165) is 35.5 Å². The van der Waals surface area contributed by atoms with Crippen LogP contribution in [0.4, 0.5) is 11.4 Å². The lowest BCUT2D eigenvalue weighted by Crippen LogP contribution is -2.33. The van der Waals surface area contributed by atoms with Crippen molar-refractivity contribution in [1.82, 2.24) is 5.32 Å². The van der Waals surface area contributed by atoms with E-state index in [1.54, 1.807) is 48.5 Å². The number of rotatable bonds is 11. The van der Waals surface area contributed by atoms with Gasteiger partial charge in [0.25, 0.3) is 15.9 Å². The summed E-state index contributed by atoms with van der Waals surface area (Å²) in [5.74, 6) is -0.337. The van der Waals surface area contributed by atoms with E-state index in [-0.39, 0.29) is 17.3 Å². The zero-order chi connectivity index (χ0) is 27.8. The maximum atomic E-state index is 13.9. The fraction of sp³-hybridized carbons (Fsp3) is 0.219. The molecule has 0 aliphatic heterocycles. The van der Waals surface area contributed by atoms with Crippen LogP contribution in [0.25, 0.3) is 0 Å². The predicted molar refractivity (Wildman–Crippen MR) is 159 cm³/mol. The molecule has 4 rings (SSSR count). The summed E-state index contributed by atoms with van der Waals surface area (Å²) < 4.78 is 29.2. The average molecular weight is 542 g/mol. The van der Waals surface area contributed by atoms with Crippen LogP contribution in [0, 0.1) is 6.92 Å². The standard InChI is InChI=1S/C32H35N3O3S/c1-4-34(5-2)28-19-17-26(18-20-28)23-33-32(36)30-13-9-10-14-31(30)35(24-27-11-7-6-8-12-27)39(37,38)29-21-15-25(3)16-22-29/h6-22H,4-5,23-24H2,1-3H3,(H,33,36). The Bertz CT molecular complexity index is 1480. The van der Waals surface area contributed by atoms with Crippen LogP contribution >= 0.6 is 0 Å². The van der Waals surface area contributed by atoms with Gasteiger partial charge < -0.3 is 10.2 Å². The molecule has 0 fully saturated rings. The zero-order valence-electron chi connectivity index (χ0n) is 22.7. The molecule has 39 heavy (non-hydrogen) atoms. The van der Waals surface area contributed by atoms with E-state index >= 15 is 0 Å². The Morgan fingerprint density at radius 1 is 0.744 bits per heavy atom. The van der Waals surface area contributed by atoms with Gasteiger partial charge in [-0.15, -0.1) is 0 Å². The summed E-state index contributed by atoms with van der Waals surface area (Å²) in [6.45, 7) is 8.42. The van der Waals surface area contributed by atoms with E-state index in [2.05, 4.69) is 36.2 Å². The molecular weight excluding hydrogens is 506 g/mol. The van der Waals surface area contributed by atoms with Crippen LogP contribution in [0.15, 0.2) is 108 Å². The first-order chi connectivity index (χ1) is 18.8. The molecule has 202 valence electrons. The molecule has 7 heteroatoms. The summed E-state index contributed by atoms with van der Waals surface area (Å²) in [5, 5.41) is 2.98. The van der Waals surface area contributed by atoms with Gasteiger partial charge in [-0.2, -0.15) is 0 Å². The van der Waals surface area contributed by atoms with Crippen molar-refractivity contribution in [3.8, 4) is 0 Å².